The van der Waals surface area contributed by atoms with Gasteiger partial charge in [0.1, 0.15) is 0 Å². The molecule has 2 aromatic heterocycles. The molecule has 0 aliphatic heterocycles. The summed E-state index contributed by atoms with van der Waals surface area (Å²) in [5.74, 6) is 0. The lowest BCUT2D eigenvalue weighted by molar-refractivity contribution is 1.10. The average Bonchev–Trinajstić information content (AvgIpc) is 2.39. The molecule has 0 aliphatic rings. The molecule has 3 aromatic rings. The largest absolute Gasteiger partial charge is 0.284 e. The van der Waals surface area contributed by atoms with Crippen LogP contribution in [0.4, 0.5) is 0 Å². The second-order valence-corrected chi connectivity index (χ2v) is 5.00. The molecule has 0 saturated carbocycles. The number of benzene rings is 1. The molecule has 0 unspecified atom stereocenters. The van der Waals surface area contributed by atoms with Gasteiger partial charge in [-0.15, -0.1) is 0 Å². The first kappa shape index (κ1) is 11.2. The zero-order valence-corrected chi connectivity index (χ0v) is 11.1. The average molecular weight is 300 g/mol. The van der Waals surface area contributed by atoms with Gasteiger partial charge in [0.25, 0.3) is 5.56 Å². The lowest BCUT2D eigenvalue weighted by Crippen LogP contribution is -2.11. The highest BCUT2D eigenvalue weighted by molar-refractivity contribution is 9.10. The van der Waals surface area contributed by atoms with Crippen LogP contribution in [0, 0.1) is 0 Å². The topological polar surface area (TPSA) is 21.5 Å². The van der Waals surface area contributed by atoms with E-state index < -0.39 is 0 Å². The normalized spacial score (nSPS) is 10.7. The van der Waals surface area contributed by atoms with E-state index in [0.29, 0.717) is 0 Å². The van der Waals surface area contributed by atoms with E-state index in [0.717, 1.165) is 21.1 Å². The molecule has 0 atom stereocenters. The third-order valence-electron chi connectivity index (χ3n) is 2.89. The Morgan fingerprint density at radius 2 is 1.67 bits per heavy atom. The van der Waals surface area contributed by atoms with Crippen LogP contribution in [-0.4, -0.2) is 4.40 Å². The third-order valence-corrected chi connectivity index (χ3v) is 3.42. The van der Waals surface area contributed by atoms with Crippen molar-refractivity contribution in [3.8, 4) is 11.1 Å². The first-order chi connectivity index (χ1) is 8.74. The van der Waals surface area contributed by atoms with Crippen LogP contribution in [0.3, 0.4) is 0 Å². The number of pyridine rings is 2. The number of hydrogen-bond acceptors (Lipinski definition) is 1. The van der Waals surface area contributed by atoms with Crippen LogP contribution in [0.2, 0.25) is 0 Å². The Morgan fingerprint density at radius 3 is 2.44 bits per heavy atom. The molecule has 0 N–H and O–H groups in total. The summed E-state index contributed by atoms with van der Waals surface area (Å²) in [6.45, 7) is 0. The summed E-state index contributed by atoms with van der Waals surface area (Å²) in [4.78, 5) is 12.0. The van der Waals surface area contributed by atoms with Crippen molar-refractivity contribution in [2.75, 3.05) is 0 Å². The van der Waals surface area contributed by atoms with Crippen molar-refractivity contribution in [1.82, 2.24) is 4.40 Å². The fraction of sp³-hybridized carbons (Fsp3) is 0. The number of halogens is 1. The van der Waals surface area contributed by atoms with Crippen molar-refractivity contribution in [3.63, 3.8) is 0 Å². The molecule has 88 valence electrons. The van der Waals surface area contributed by atoms with Crippen molar-refractivity contribution < 1.29 is 0 Å². The standard InChI is InChI=1S/C15H10BrNO/c16-13-6-4-11(5-7-13)12-9-14-3-1-2-8-17(14)15(18)10-12/h1-10H. The van der Waals surface area contributed by atoms with Gasteiger partial charge in [-0.2, -0.15) is 0 Å². The van der Waals surface area contributed by atoms with E-state index in [9.17, 15) is 4.79 Å². The lowest BCUT2D eigenvalue weighted by Gasteiger charge is -2.05. The minimum atomic E-state index is -0.00832. The molecule has 0 spiro atoms. The molecule has 0 aliphatic carbocycles. The van der Waals surface area contributed by atoms with Crippen LogP contribution in [-0.2, 0) is 0 Å². The molecule has 18 heavy (non-hydrogen) atoms. The first-order valence-corrected chi connectivity index (χ1v) is 6.41. The second-order valence-electron chi connectivity index (χ2n) is 4.08. The highest BCUT2D eigenvalue weighted by Crippen LogP contribution is 2.21. The molecule has 3 heteroatoms. The molecule has 2 nitrogen and oxygen atoms in total. The van der Waals surface area contributed by atoms with Crippen molar-refractivity contribution >= 4 is 21.4 Å². The van der Waals surface area contributed by atoms with Gasteiger partial charge >= 0.3 is 0 Å². The monoisotopic (exact) mass is 299 g/mol. The Kier molecular flexibility index (Phi) is 2.76. The first-order valence-electron chi connectivity index (χ1n) is 5.61. The highest BCUT2D eigenvalue weighted by atomic mass is 79.9. The predicted octanol–water partition coefficient (Wildman–Crippen LogP) is 3.73. The summed E-state index contributed by atoms with van der Waals surface area (Å²) in [6.07, 6.45) is 1.78. The van der Waals surface area contributed by atoms with Gasteiger partial charge in [-0.25, -0.2) is 0 Å². The summed E-state index contributed by atoms with van der Waals surface area (Å²) in [7, 11) is 0. The van der Waals surface area contributed by atoms with Crippen LogP contribution in [0.25, 0.3) is 16.6 Å². The molecular formula is C15H10BrNO. The lowest BCUT2D eigenvalue weighted by atomic mass is 10.1. The van der Waals surface area contributed by atoms with Gasteiger partial charge in [0.05, 0.1) is 0 Å². The summed E-state index contributed by atoms with van der Waals surface area (Å²) in [5, 5.41) is 0. The van der Waals surface area contributed by atoms with Gasteiger partial charge in [-0.05, 0) is 41.5 Å². The minimum Gasteiger partial charge on any atom is -0.284 e. The molecule has 0 amide bonds. The number of hydrogen-bond donors (Lipinski definition) is 0. The van der Waals surface area contributed by atoms with E-state index in [1.165, 1.54) is 0 Å². The Morgan fingerprint density at radius 1 is 0.889 bits per heavy atom. The van der Waals surface area contributed by atoms with Crippen LogP contribution in [0.5, 0.6) is 0 Å². The molecule has 0 radical (unpaired) electrons. The minimum absolute atomic E-state index is 0.00832. The van der Waals surface area contributed by atoms with E-state index in [1.54, 1.807) is 16.7 Å². The summed E-state index contributed by atoms with van der Waals surface area (Å²) >= 11 is 3.41. The maximum absolute atomic E-state index is 12.0. The molecule has 0 bridgehead atoms. The molecular weight excluding hydrogens is 290 g/mol. The van der Waals surface area contributed by atoms with Gasteiger partial charge in [0, 0.05) is 22.3 Å². The fourth-order valence-electron chi connectivity index (χ4n) is 1.99. The zero-order chi connectivity index (χ0) is 12.5. The Balaban J connectivity index is 2.24. The highest BCUT2D eigenvalue weighted by Gasteiger charge is 2.02. The van der Waals surface area contributed by atoms with Gasteiger partial charge in [0.15, 0.2) is 0 Å². The Hall–Kier alpha value is -1.87. The predicted molar refractivity (Wildman–Crippen MR) is 76.8 cm³/mol. The second kappa shape index (κ2) is 4.42. The van der Waals surface area contributed by atoms with E-state index in [1.807, 2.05) is 48.5 Å². The SMILES string of the molecule is O=c1cc(-c2ccc(Br)cc2)cc2ccccn12. The molecule has 3 rings (SSSR count). The summed E-state index contributed by atoms with van der Waals surface area (Å²) in [6, 6.07) is 17.3. The molecule has 0 fully saturated rings. The number of rotatable bonds is 1. The van der Waals surface area contributed by atoms with Crippen LogP contribution >= 0.6 is 15.9 Å². The van der Waals surface area contributed by atoms with Crippen molar-refractivity contribution in [3.05, 3.63) is 75.6 Å². The molecule has 2 heterocycles. The Labute approximate surface area is 113 Å². The van der Waals surface area contributed by atoms with Gasteiger partial charge in [0.2, 0.25) is 0 Å². The van der Waals surface area contributed by atoms with Gasteiger partial charge < -0.3 is 0 Å². The Bertz CT molecular complexity index is 759. The summed E-state index contributed by atoms with van der Waals surface area (Å²) in [5.41, 5.74) is 2.88. The van der Waals surface area contributed by atoms with Crippen LogP contribution < -0.4 is 5.56 Å². The maximum Gasteiger partial charge on any atom is 0.255 e. The van der Waals surface area contributed by atoms with Gasteiger partial charge in [-0.1, -0.05) is 34.1 Å². The van der Waals surface area contributed by atoms with E-state index in [4.69, 9.17) is 0 Å². The fourth-order valence-corrected chi connectivity index (χ4v) is 2.25. The molecule has 0 saturated heterocycles. The van der Waals surface area contributed by atoms with E-state index >= 15 is 0 Å². The van der Waals surface area contributed by atoms with E-state index in [2.05, 4.69) is 15.9 Å². The zero-order valence-electron chi connectivity index (χ0n) is 9.51. The van der Waals surface area contributed by atoms with Crippen LogP contribution in [0.15, 0.2) is 70.1 Å². The smallest absolute Gasteiger partial charge is 0.255 e. The van der Waals surface area contributed by atoms with E-state index in [-0.39, 0.29) is 5.56 Å². The number of aromatic nitrogens is 1. The maximum atomic E-state index is 12.0. The summed E-state index contributed by atoms with van der Waals surface area (Å²) < 4.78 is 2.67. The molecule has 1 aromatic carbocycles. The van der Waals surface area contributed by atoms with Crippen molar-refractivity contribution in [1.29, 1.82) is 0 Å². The van der Waals surface area contributed by atoms with Gasteiger partial charge in [-0.3, -0.25) is 9.20 Å². The van der Waals surface area contributed by atoms with Crippen molar-refractivity contribution in [2.45, 2.75) is 0 Å². The van der Waals surface area contributed by atoms with Crippen LogP contribution in [0.1, 0.15) is 0 Å². The third kappa shape index (κ3) is 1.97. The number of nitrogens with zero attached hydrogens (tertiary/aromatic N) is 1. The number of fused-ring (bicyclic) bond motifs is 1. The quantitative estimate of drug-likeness (QED) is 0.671. The van der Waals surface area contributed by atoms with Crippen molar-refractivity contribution in [2.24, 2.45) is 0 Å².